The number of rotatable bonds is 9. The van der Waals surface area contributed by atoms with E-state index in [0.29, 0.717) is 16.1 Å². The largest absolute Gasteiger partial charge is 1.00 e. The van der Waals surface area contributed by atoms with Crippen LogP contribution in [0.3, 0.4) is 0 Å². The Morgan fingerprint density at radius 1 is 0.780 bits per heavy atom. The fourth-order valence-electron chi connectivity index (χ4n) is 4.64. The Bertz CT molecular complexity index is 2570. The van der Waals surface area contributed by atoms with Gasteiger partial charge in [0.25, 0.3) is 10.1 Å². The Labute approximate surface area is 338 Å². The van der Waals surface area contributed by atoms with Crippen LogP contribution in [0.1, 0.15) is 18.9 Å². The molecule has 0 unspecified atom stereocenters. The fourth-order valence-corrected chi connectivity index (χ4v) is 7.94. The van der Waals surface area contributed by atoms with Gasteiger partial charge in [-0.3, -0.25) is 14.3 Å². The number of fused-ring (bicyclic) bond motifs is 2. The molecule has 0 saturated heterocycles. The molecule has 0 radical (unpaired) electrons. The number of benzene rings is 4. The summed E-state index contributed by atoms with van der Waals surface area (Å²) in [5.74, 6) is -1.51. The van der Waals surface area contributed by atoms with Crippen LogP contribution < -0.4 is 64.2 Å². The van der Waals surface area contributed by atoms with Gasteiger partial charge in [0.1, 0.15) is 36.5 Å². The summed E-state index contributed by atoms with van der Waals surface area (Å²) in [5, 5.41) is 21.2. The number of nitrogens with zero attached hydrogens (tertiary/aromatic N) is 5. The van der Waals surface area contributed by atoms with Gasteiger partial charge in [-0.25, -0.2) is 18.4 Å². The molecule has 0 saturated carbocycles. The first-order chi connectivity index (χ1) is 22.6. The molecule has 0 aliphatic heterocycles. The average Bonchev–Trinajstić information content (AvgIpc) is 3.62. The topological polar surface area (TPSA) is 215 Å². The third kappa shape index (κ3) is 9.17. The Kier molecular flexibility index (Phi) is 12.7. The van der Waals surface area contributed by atoms with Crippen LogP contribution >= 0.6 is 22.7 Å². The molecule has 0 fully saturated rings. The molecule has 0 aliphatic rings. The first-order valence-electron chi connectivity index (χ1n) is 13.8. The molecular weight excluding hydrogens is 745 g/mol. The summed E-state index contributed by atoms with van der Waals surface area (Å²) in [5.41, 5.74) is 3.10. The van der Waals surface area contributed by atoms with Crippen molar-refractivity contribution in [3.05, 3.63) is 78.4 Å². The minimum Gasteiger partial charge on any atom is -0.861 e. The number of carbonyl (C=O) groups excluding carboxylic acids is 1. The van der Waals surface area contributed by atoms with Crippen molar-refractivity contribution in [1.29, 1.82) is 0 Å². The van der Waals surface area contributed by atoms with Crippen LogP contribution in [-0.2, 0) is 25.0 Å². The van der Waals surface area contributed by atoms with E-state index < -0.39 is 53.8 Å². The number of ketones is 1. The van der Waals surface area contributed by atoms with Gasteiger partial charge >= 0.3 is 59.1 Å². The van der Waals surface area contributed by atoms with Gasteiger partial charge in [0.2, 0.25) is 0 Å². The molecule has 2 heterocycles. The summed E-state index contributed by atoms with van der Waals surface area (Å²) in [6, 6.07) is 18.8. The van der Waals surface area contributed by atoms with Gasteiger partial charge in [-0.05, 0) is 92.0 Å². The van der Waals surface area contributed by atoms with Crippen molar-refractivity contribution >= 4 is 92.1 Å². The molecule has 0 atom stereocenters. The molecule has 19 heteroatoms. The van der Waals surface area contributed by atoms with E-state index in [1.165, 1.54) is 23.5 Å². The Morgan fingerprint density at radius 2 is 1.38 bits per heavy atom. The Balaban J connectivity index is 0.00000281. The van der Waals surface area contributed by atoms with Crippen molar-refractivity contribution < 1.29 is 95.0 Å². The molecule has 1 N–H and O–H groups in total. The number of aliphatic imine (C=N–C) groups is 1. The maximum absolute atomic E-state index is 12.4. The van der Waals surface area contributed by atoms with E-state index in [0.717, 1.165) is 56.2 Å². The fraction of sp³-hybridized carbons (Fsp3) is 0.0968. The van der Waals surface area contributed by atoms with Crippen molar-refractivity contribution in [2.75, 3.05) is 0 Å². The molecule has 13 nitrogen and oxygen atoms in total. The van der Waals surface area contributed by atoms with Gasteiger partial charge in [-0.15, -0.1) is 27.8 Å². The minimum absolute atomic E-state index is 0. The van der Waals surface area contributed by atoms with Crippen LogP contribution in [-0.4, -0.2) is 47.6 Å². The number of aryl methyl sites for hydroxylation is 1. The zero-order valence-electron chi connectivity index (χ0n) is 26.8. The molecule has 50 heavy (non-hydrogen) atoms. The van der Waals surface area contributed by atoms with Gasteiger partial charge in [0, 0.05) is 17.5 Å². The SMILES string of the molecule is CC(=O)CC([O-])=Nc1cc(N=Nc2ccc(-c3nc4ccc(-c5nc6ccc(C)cc6s5)cc4s3)cc2S(=O)(=O)O)ccc1S(=O)(=O)[O-].[Na+].[Na+]. The summed E-state index contributed by atoms with van der Waals surface area (Å²) in [6.45, 7) is 3.16. The van der Waals surface area contributed by atoms with Gasteiger partial charge in [0.05, 0.1) is 36.7 Å². The smallest absolute Gasteiger partial charge is 0.861 e. The molecule has 4 aromatic carbocycles. The Hall–Kier alpha value is -2.78. The summed E-state index contributed by atoms with van der Waals surface area (Å²) in [7, 11) is -9.87. The third-order valence-corrected chi connectivity index (χ3v) is 10.7. The van der Waals surface area contributed by atoms with Crippen LogP contribution in [0, 0.1) is 6.92 Å². The average molecular weight is 766 g/mol. The quantitative estimate of drug-likeness (QED) is 0.0707. The molecule has 0 bridgehead atoms. The third-order valence-electron chi connectivity index (χ3n) is 6.79. The molecule has 0 spiro atoms. The van der Waals surface area contributed by atoms with Crippen molar-refractivity contribution in [2.45, 2.75) is 30.1 Å². The number of azo groups is 1. The van der Waals surface area contributed by atoms with Gasteiger partial charge < -0.3 is 9.66 Å². The molecule has 0 amide bonds. The maximum Gasteiger partial charge on any atom is 1.00 e. The maximum atomic E-state index is 12.4. The predicted octanol–water partition coefficient (Wildman–Crippen LogP) is 0.492. The van der Waals surface area contributed by atoms with Gasteiger partial charge in [0.15, 0.2) is 0 Å². The van der Waals surface area contributed by atoms with Crippen LogP contribution in [0.25, 0.3) is 41.6 Å². The standard InChI is InChI=1S/C31H23N5O8S4.2Na/c1-16-3-7-21-25(11-16)45-30(33-21)18-4-8-22-26(13-18)46-31(34-22)19-5-9-23(28(14-19)48(42,43)44)36-35-20-6-10-27(47(39,40)41)24(15-20)32-29(38)12-17(2)37;;/h3-11,13-15H,12H2,1-2H3,(H,32,38)(H,39,40,41)(H,42,43,44);;/q;2*+1/p-2. The molecule has 6 rings (SSSR count). The van der Waals surface area contributed by atoms with E-state index in [2.05, 4.69) is 26.3 Å². The molecule has 0 aliphatic carbocycles. The van der Waals surface area contributed by atoms with Crippen molar-refractivity contribution in [3.8, 4) is 21.1 Å². The Morgan fingerprint density at radius 3 is 2.00 bits per heavy atom. The number of Topliss-reactive ketones (excluding diaryl/α,β-unsaturated/α-hetero) is 1. The zero-order chi connectivity index (χ0) is 34.4. The van der Waals surface area contributed by atoms with Crippen molar-refractivity contribution in [3.63, 3.8) is 0 Å². The first-order valence-corrected chi connectivity index (χ1v) is 18.3. The predicted molar refractivity (Wildman–Crippen MR) is 179 cm³/mol. The van der Waals surface area contributed by atoms with Crippen LogP contribution in [0.4, 0.5) is 17.1 Å². The van der Waals surface area contributed by atoms with E-state index in [1.54, 1.807) is 17.4 Å². The summed E-state index contributed by atoms with van der Waals surface area (Å²) < 4.78 is 71.8. The number of aromatic nitrogens is 2. The second kappa shape index (κ2) is 15.9. The number of thiazole rings is 2. The zero-order valence-corrected chi connectivity index (χ0v) is 34.1. The summed E-state index contributed by atoms with van der Waals surface area (Å²) >= 11 is 2.90. The molecule has 6 aromatic rings. The summed E-state index contributed by atoms with van der Waals surface area (Å²) in [4.78, 5) is 22.8. The molecule has 2 aromatic heterocycles. The van der Waals surface area contributed by atoms with Crippen LogP contribution in [0.2, 0.25) is 0 Å². The monoisotopic (exact) mass is 765 g/mol. The second-order valence-electron chi connectivity index (χ2n) is 10.5. The van der Waals surface area contributed by atoms with E-state index in [9.17, 15) is 35.8 Å². The minimum atomic E-state index is -5.06. The molecule has 244 valence electrons. The van der Waals surface area contributed by atoms with Crippen molar-refractivity contribution in [1.82, 2.24) is 9.97 Å². The van der Waals surface area contributed by atoms with Gasteiger partial charge in [-0.2, -0.15) is 13.5 Å². The van der Waals surface area contributed by atoms with E-state index >= 15 is 0 Å². The molecular formula is C31H21N5Na2O8S4. The van der Waals surface area contributed by atoms with E-state index in [1.807, 2.05) is 37.3 Å². The normalized spacial score (nSPS) is 12.3. The van der Waals surface area contributed by atoms with Gasteiger partial charge in [-0.1, -0.05) is 6.07 Å². The number of hydrogen-bond donors (Lipinski definition) is 1. The number of carbonyl (C=O) groups is 1. The van der Waals surface area contributed by atoms with Crippen LogP contribution in [0.5, 0.6) is 0 Å². The second-order valence-corrected chi connectivity index (χ2v) is 15.3. The summed E-state index contributed by atoms with van der Waals surface area (Å²) in [6.07, 6.45) is -0.618. The first kappa shape index (κ1) is 40.0. The van der Waals surface area contributed by atoms with Crippen LogP contribution in [0.15, 0.2) is 97.8 Å². The van der Waals surface area contributed by atoms with E-state index in [-0.39, 0.29) is 70.5 Å². The van der Waals surface area contributed by atoms with E-state index in [4.69, 9.17) is 4.98 Å². The van der Waals surface area contributed by atoms with Crippen molar-refractivity contribution in [2.24, 2.45) is 15.2 Å². The number of hydrogen-bond acceptors (Lipinski definition) is 14.